The molecule has 0 heterocycles. The molecule has 1 aromatic carbocycles. The van der Waals surface area contributed by atoms with Gasteiger partial charge in [0.05, 0.1) is 11.5 Å². The molecule has 0 aromatic heterocycles. The monoisotopic (exact) mass is 281 g/mol. The molecule has 0 bridgehead atoms. The van der Waals surface area contributed by atoms with E-state index in [1.807, 2.05) is 13.8 Å². The first-order valence-electron chi connectivity index (χ1n) is 6.49. The van der Waals surface area contributed by atoms with Crippen molar-refractivity contribution in [2.24, 2.45) is 5.92 Å². The maximum Gasteiger partial charge on any atom is 0.344 e. The quantitative estimate of drug-likeness (QED) is 0.436. The summed E-state index contributed by atoms with van der Waals surface area (Å²) in [4.78, 5) is 21.7. The standard InChI is InChI=1S/C14H19NO5/c1-4-19-14(16)9-20-13-6-5-11(7-10(2)3)8-12(13)15(17)18/h5-6,8,10H,4,7,9H2,1-3H3. The minimum absolute atomic E-state index is 0.0792. The van der Waals surface area contributed by atoms with E-state index in [2.05, 4.69) is 0 Å². The Balaban J connectivity index is 2.85. The molecule has 0 atom stereocenters. The van der Waals surface area contributed by atoms with Crippen molar-refractivity contribution in [2.45, 2.75) is 27.2 Å². The molecule has 6 heteroatoms. The lowest BCUT2D eigenvalue weighted by molar-refractivity contribution is -0.385. The van der Waals surface area contributed by atoms with Gasteiger partial charge in [-0.2, -0.15) is 0 Å². The number of carbonyl (C=O) groups is 1. The van der Waals surface area contributed by atoms with Gasteiger partial charge in [-0.1, -0.05) is 19.9 Å². The van der Waals surface area contributed by atoms with Crippen molar-refractivity contribution >= 4 is 11.7 Å². The normalized spacial score (nSPS) is 10.4. The molecular formula is C14H19NO5. The molecule has 1 aromatic rings. The lowest BCUT2D eigenvalue weighted by Gasteiger charge is -2.09. The minimum atomic E-state index is -0.548. The lowest BCUT2D eigenvalue weighted by Crippen LogP contribution is -2.15. The summed E-state index contributed by atoms with van der Waals surface area (Å²) in [5.41, 5.74) is 0.739. The molecule has 6 nitrogen and oxygen atoms in total. The highest BCUT2D eigenvalue weighted by Crippen LogP contribution is 2.28. The Morgan fingerprint density at radius 3 is 2.65 bits per heavy atom. The Morgan fingerprint density at radius 1 is 1.40 bits per heavy atom. The number of hydrogen-bond donors (Lipinski definition) is 0. The first kappa shape index (κ1) is 15.9. The van der Waals surface area contributed by atoms with E-state index in [9.17, 15) is 14.9 Å². The van der Waals surface area contributed by atoms with Crippen molar-refractivity contribution in [1.29, 1.82) is 0 Å². The van der Waals surface area contributed by atoms with E-state index in [1.165, 1.54) is 12.1 Å². The van der Waals surface area contributed by atoms with Crippen LogP contribution in [-0.4, -0.2) is 24.1 Å². The summed E-state index contributed by atoms with van der Waals surface area (Å²) < 4.78 is 9.86. The fraction of sp³-hybridized carbons (Fsp3) is 0.500. The topological polar surface area (TPSA) is 78.7 Å². The van der Waals surface area contributed by atoms with Crippen LogP contribution < -0.4 is 4.74 Å². The Morgan fingerprint density at radius 2 is 2.10 bits per heavy atom. The molecule has 0 saturated heterocycles. The van der Waals surface area contributed by atoms with Gasteiger partial charge in [0.15, 0.2) is 12.4 Å². The van der Waals surface area contributed by atoms with Crippen molar-refractivity contribution in [2.75, 3.05) is 13.2 Å². The van der Waals surface area contributed by atoms with Crippen molar-refractivity contribution in [1.82, 2.24) is 0 Å². The van der Waals surface area contributed by atoms with E-state index in [0.717, 1.165) is 12.0 Å². The molecular weight excluding hydrogens is 262 g/mol. The number of rotatable bonds is 7. The molecule has 0 saturated carbocycles. The highest BCUT2D eigenvalue weighted by Gasteiger charge is 2.17. The molecule has 0 aliphatic rings. The number of esters is 1. The summed E-state index contributed by atoms with van der Waals surface area (Å²) in [7, 11) is 0. The third kappa shape index (κ3) is 4.87. The van der Waals surface area contributed by atoms with E-state index < -0.39 is 10.9 Å². The van der Waals surface area contributed by atoms with E-state index >= 15 is 0 Å². The first-order valence-corrected chi connectivity index (χ1v) is 6.49. The number of nitrogens with zero attached hydrogens (tertiary/aromatic N) is 1. The number of nitro groups is 1. The van der Waals surface area contributed by atoms with Crippen molar-refractivity contribution in [3.8, 4) is 5.75 Å². The second-order valence-electron chi connectivity index (χ2n) is 4.75. The van der Waals surface area contributed by atoms with Gasteiger partial charge in [0, 0.05) is 6.07 Å². The second kappa shape index (κ2) is 7.47. The average molecular weight is 281 g/mol. The van der Waals surface area contributed by atoms with Gasteiger partial charge in [0.2, 0.25) is 0 Å². The molecule has 0 amide bonds. The van der Waals surface area contributed by atoms with Crippen molar-refractivity contribution in [3.05, 3.63) is 33.9 Å². The zero-order valence-corrected chi connectivity index (χ0v) is 11.9. The van der Waals surface area contributed by atoms with Crippen LogP contribution in [0.1, 0.15) is 26.3 Å². The number of carbonyl (C=O) groups excluding carboxylic acids is 1. The Labute approximate surface area is 117 Å². The molecule has 0 aliphatic carbocycles. The lowest BCUT2D eigenvalue weighted by atomic mass is 10.0. The van der Waals surface area contributed by atoms with Gasteiger partial charge < -0.3 is 9.47 Å². The van der Waals surface area contributed by atoms with Crippen LogP contribution in [0.4, 0.5) is 5.69 Å². The summed E-state index contributed by atoms with van der Waals surface area (Å²) in [6.45, 7) is 5.67. The second-order valence-corrected chi connectivity index (χ2v) is 4.75. The van der Waals surface area contributed by atoms with E-state index in [1.54, 1.807) is 13.0 Å². The largest absolute Gasteiger partial charge is 0.475 e. The molecule has 110 valence electrons. The van der Waals surface area contributed by atoms with Crippen molar-refractivity contribution in [3.63, 3.8) is 0 Å². The number of benzene rings is 1. The molecule has 0 spiro atoms. The third-order valence-corrected chi connectivity index (χ3v) is 2.51. The van der Waals surface area contributed by atoms with Crippen molar-refractivity contribution < 1.29 is 19.2 Å². The number of nitro benzene ring substituents is 1. The number of ether oxygens (including phenoxy) is 2. The first-order chi connectivity index (χ1) is 9.43. The van der Waals surface area contributed by atoms with E-state index in [-0.39, 0.29) is 24.7 Å². The summed E-state index contributed by atoms with van der Waals surface area (Å²) in [6.07, 6.45) is 0.749. The molecule has 0 fully saturated rings. The average Bonchev–Trinajstić information content (AvgIpc) is 2.36. The molecule has 20 heavy (non-hydrogen) atoms. The Bertz CT molecular complexity index is 484. The molecule has 1 rings (SSSR count). The predicted molar refractivity (Wildman–Crippen MR) is 73.8 cm³/mol. The smallest absolute Gasteiger partial charge is 0.344 e. The van der Waals surface area contributed by atoms with Crippen LogP contribution in [-0.2, 0) is 16.0 Å². The van der Waals surface area contributed by atoms with Gasteiger partial charge in [-0.25, -0.2) is 4.79 Å². The fourth-order valence-electron chi connectivity index (χ4n) is 1.77. The Kier molecular flexibility index (Phi) is 5.96. The zero-order chi connectivity index (χ0) is 15.1. The van der Waals surface area contributed by atoms with Crippen LogP contribution in [0.2, 0.25) is 0 Å². The highest BCUT2D eigenvalue weighted by molar-refractivity contribution is 5.71. The van der Waals surface area contributed by atoms with Crippen LogP contribution in [0.25, 0.3) is 0 Å². The molecule has 0 N–H and O–H groups in total. The predicted octanol–water partition coefficient (Wildman–Crippen LogP) is 2.74. The summed E-state index contributed by atoms with van der Waals surface area (Å²) in [5.74, 6) is -0.0653. The zero-order valence-electron chi connectivity index (χ0n) is 11.9. The van der Waals surface area contributed by atoms with Gasteiger partial charge in [-0.15, -0.1) is 0 Å². The van der Waals surface area contributed by atoms with Crippen LogP contribution in [0, 0.1) is 16.0 Å². The molecule has 0 radical (unpaired) electrons. The van der Waals surface area contributed by atoms with Gasteiger partial charge in [0.1, 0.15) is 0 Å². The SMILES string of the molecule is CCOC(=O)COc1ccc(CC(C)C)cc1[N+](=O)[O-]. The minimum Gasteiger partial charge on any atom is -0.475 e. The van der Waals surface area contributed by atoms with Crippen LogP contribution in [0.15, 0.2) is 18.2 Å². The molecule has 0 aliphatic heterocycles. The number of hydrogen-bond acceptors (Lipinski definition) is 5. The van der Waals surface area contributed by atoms with Crippen LogP contribution in [0.3, 0.4) is 0 Å². The fourth-order valence-corrected chi connectivity index (χ4v) is 1.77. The highest BCUT2D eigenvalue weighted by atomic mass is 16.6. The Hall–Kier alpha value is -2.11. The maximum atomic E-state index is 11.2. The van der Waals surface area contributed by atoms with Crippen LogP contribution >= 0.6 is 0 Å². The summed E-state index contributed by atoms with van der Waals surface area (Å²) in [6, 6.07) is 4.78. The summed E-state index contributed by atoms with van der Waals surface area (Å²) >= 11 is 0. The van der Waals surface area contributed by atoms with Gasteiger partial charge in [-0.3, -0.25) is 10.1 Å². The van der Waals surface area contributed by atoms with Gasteiger partial charge in [-0.05, 0) is 30.9 Å². The summed E-state index contributed by atoms with van der Waals surface area (Å²) in [5, 5.41) is 11.0. The third-order valence-electron chi connectivity index (χ3n) is 2.51. The van der Waals surface area contributed by atoms with E-state index in [4.69, 9.17) is 9.47 Å². The maximum absolute atomic E-state index is 11.2. The van der Waals surface area contributed by atoms with Crippen LogP contribution in [0.5, 0.6) is 5.75 Å². The van der Waals surface area contributed by atoms with Gasteiger partial charge in [0.25, 0.3) is 0 Å². The molecule has 0 unspecified atom stereocenters. The van der Waals surface area contributed by atoms with Gasteiger partial charge >= 0.3 is 11.7 Å². The van der Waals surface area contributed by atoms with E-state index in [0.29, 0.717) is 5.92 Å².